The molecule has 1 aromatic rings. The Kier molecular flexibility index (Phi) is 5.55. The lowest BCUT2D eigenvalue weighted by atomic mass is 10.1. The maximum atomic E-state index is 5.11. The van der Waals surface area contributed by atoms with E-state index >= 15 is 0 Å². The summed E-state index contributed by atoms with van der Waals surface area (Å²) in [4.78, 5) is 15.2. The van der Waals surface area contributed by atoms with E-state index in [2.05, 4.69) is 44.3 Å². The molecule has 21 heavy (non-hydrogen) atoms. The number of nitrogens with zero attached hydrogens (tertiary/aromatic N) is 4. The molecule has 7 nitrogen and oxygen atoms in total. The van der Waals surface area contributed by atoms with E-state index in [-0.39, 0.29) is 0 Å². The number of hydrogen-bond donors (Lipinski definition) is 2. The molecule has 0 spiro atoms. The summed E-state index contributed by atoms with van der Waals surface area (Å²) >= 11 is 0. The van der Waals surface area contributed by atoms with Crippen LogP contribution in [0.5, 0.6) is 6.01 Å². The SMILES string of the molecule is CCNc1nc(NCC2CCN(C(C)C)C2)nc(OC)n1. The maximum Gasteiger partial charge on any atom is 0.322 e. The van der Waals surface area contributed by atoms with Gasteiger partial charge < -0.3 is 20.3 Å². The third kappa shape index (κ3) is 4.42. The number of methoxy groups -OCH3 is 1. The van der Waals surface area contributed by atoms with E-state index in [1.165, 1.54) is 13.0 Å². The summed E-state index contributed by atoms with van der Waals surface area (Å²) in [5.74, 6) is 1.75. The summed E-state index contributed by atoms with van der Waals surface area (Å²) in [5, 5.41) is 6.39. The number of rotatable bonds is 7. The summed E-state index contributed by atoms with van der Waals surface area (Å²) in [5.41, 5.74) is 0. The van der Waals surface area contributed by atoms with Crippen LogP contribution in [0.4, 0.5) is 11.9 Å². The van der Waals surface area contributed by atoms with Crippen molar-refractivity contribution in [3.8, 4) is 6.01 Å². The molecule has 0 radical (unpaired) electrons. The van der Waals surface area contributed by atoms with Crippen LogP contribution in [-0.4, -0.2) is 59.2 Å². The van der Waals surface area contributed by atoms with Crippen molar-refractivity contribution in [2.24, 2.45) is 5.92 Å². The minimum Gasteiger partial charge on any atom is -0.467 e. The molecule has 0 amide bonds. The molecule has 7 heteroatoms. The smallest absolute Gasteiger partial charge is 0.322 e. The lowest BCUT2D eigenvalue weighted by Gasteiger charge is -2.20. The Bertz CT molecular complexity index is 453. The van der Waals surface area contributed by atoms with E-state index < -0.39 is 0 Å². The molecule has 2 rings (SSSR count). The van der Waals surface area contributed by atoms with Crippen molar-refractivity contribution in [2.75, 3.05) is 43.9 Å². The van der Waals surface area contributed by atoms with Crippen molar-refractivity contribution in [2.45, 2.75) is 33.2 Å². The molecule has 1 aliphatic rings. The van der Waals surface area contributed by atoms with Crippen LogP contribution in [-0.2, 0) is 0 Å². The zero-order valence-corrected chi connectivity index (χ0v) is 13.4. The number of anilines is 2. The highest BCUT2D eigenvalue weighted by Gasteiger charge is 2.24. The van der Waals surface area contributed by atoms with Gasteiger partial charge in [-0.1, -0.05) is 0 Å². The first-order valence-corrected chi connectivity index (χ1v) is 7.64. The van der Waals surface area contributed by atoms with E-state index in [4.69, 9.17) is 4.74 Å². The van der Waals surface area contributed by atoms with Crippen molar-refractivity contribution in [3.05, 3.63) is 0 Å². The number of aromatic nitrogens is 3. The molecule has 1 aromatic heterocycles. The van der Waals surface area contributed by atoms with Crippen LogP contribution in [0, 0.1) is 5.92 Å². The molecule has 0 aromatic carbocycles. The van der Waals surface area contributed by atoms with Crippen LogP contribution in [0.3, 0.4) is 0 Å². The second kappa shape index (κ2) is 7.40. The Morgan fingerprint density at radius 1 is 1.24 bits per heavy atom. The second-order valence-electron chi connectivity index (χ2n) is 5.62. The van der Waals surface area contributed by atoms with E-state index in [1.54, 1.807) is 7.11 Å². The number of hydrogen-bond acceptors (Lipinski definition) is 7. The van der Waals surface area contributed by atoms with E-state index in [9.17, 15) is 0 Å². The van der Waals surface area contributed by atoms with Crippen LogP contribution < -0.4 is 15.4 Å². The van der Waals surface area contributed by atoms with Gasteiger partial charge in [-0.3, -0.25) is 0 Å². The Hall–Kier alpha value is -1.63. The first-order chi connectivity index (χ1) is 10.1. The van der Waals surface area contributed by atoms with Crippen molar-refractivity contribution in [1.82, 2.24) is 19.9 Å². The van der Waals surface area contributed by atoms with Gasteiger partial charge in [-0.2, -0.15) is 15.0 Å². The minimum atomic E-state index is 0.332. The molecule has 1 unspecified atom stereocenters. The van der Waals surface area contributed by atoms with E-state index in [0.29, 0.717) is 29.9 Å². The summed E-state index contributed by atoms with van der Waals surface area (Å²) in [7, 11) is 1.56. The average Bonchev–Trinajstić information content (AvgIpc) is 2.94. The van der Waals surface area contributed by atoms with Crippen LogP contribution in [0.1, 0.15) is 27.2 Å². The van der Waals surface area contributed by atoms with Gasteiger partial charge in [0.25, 0.3) is 0 Å². The molecule has 2 N–H and O–H groups in total. The van der Waals surface area contributed by atoms with E-state index in [0.717, 1.165) is 19.6 Å². The highest BCUT2D eigenvalue weighted by molar-refractivity contribution is 5.35. The van der Waals surface area contributed by atoms with E-state index in [1.807, 2.05) is 6.92 Å². The van der Waals surface area contributed by atoms with Gasteiger partial charge in [0.15, 0.2) is 0 Å². The molecule has 118 valence electrons. The Morgan fingerprint density at radius 2 is 1.95 bits per heavy atom. The highest BCUT2D eigenvalue weighted by atomic mass is 16.5. The predicted octanol–water partition coefficient (Wildman–Crippen LogP) is 1.45. The first-order valence-electron chi connectivity index (χ1n) is 7.64. The van der Waals surface area contributed by atoms with Crippen molar-refractivity contribution in [1.29, 1.82) is 0 Å². The first kappa shape index (κ1) is 15.8. The van der Waals surface area contributed by atoms with Crippen LogP contribution in [0.15, 0.2) is 0 Å². The summed E-state index contributed by atoms with van der Waals surface area (Å²) in [6.07, 6.45) is 1.22. The summed E-state index contributed by atoms with van der Waals surface area (Å²) in [6.45, 7) is 10.4. The van der Waals surface area contributed by atoms with Crippen molar-refractivity contribution in [3.63, 3.8) is 0 Å². The minimum absolute atomic E-state index is 0.332. The molecule has 1 saturated heterocycles. The van der Waals surface area contributed by atoms with Gasteiger partial charge in [0, 0.05) is 25.7 Å². The molecular weight excluding hydrogens is 268 g/mol. The normalized spacial score (nSPS) is 19.0. The standard InChI is InChI=1S/C14H26N6O/c1-5-15-12-17-13(19-14(18-12)21-4)16-8-11-6-7-20(9-11)10(2)3/h10-11H,5-9H2,1-4H3,(H2,15,16,17,18,19). The number of ether oxygens (including phenoxy) is 1. The van der Waals surface area contributed by atoms with Gasteiger partial charge in [-0.15, -0.1) is 0 Å². The summed E-state index contributed by atoms with van der Waals surface area (Å²) in [6, 6.07) is 0.950. The third-order valence-corrected chi connectivity index (χ3v) is 3.73. The van der Waals surface area contributed by atoms with Gasteiger partial charge in [-0.05, 0) is 39.7 Å². The molecule has 0 saturated carbocycles. The fourth-order valence-electron chi connectivity index (χ4n) is 2.50. The summed E-state index contributed by atoms with van der Waals surface area (Å²) < 4.78 is 5.11. The largest absolute Gasteiger partial charge is 0.467 e. The van der Waals surface area contributed by atoms with Gasteiger partial charge in [0.1, 0.15) is 0 Å². The molecule has 0 bridgehead atoms. The Labute approximate surface area is 126 Å². The molecule has 1 atom stereocenters. The number of likely N-dealkylation sites (tertiary alicyclic amines) is 1. The molecule has 2 heterocycles. The van der Waals surface area contributed by atoms with Crippen molar-refractivity contribution < 1.29 is 4.74 Å². The lowest BCUT2D eigenvalue weighted by Crippen LogP contribution is -2.29. The topological polar surface area (TPSA) is 75.2 Å². The van der Waals surface area contributed by atoms with Gasteiger partial charge in [0.05, 0.1) is 7.11 Å². The monoisotopic (exact) mass is 294 g/mol. The molecule has 1 fully saturated rings. The fraction of sp³-hybridized carbons (Fsp3) is 0.786. The highest BCUT2D eigenvalue weighted by Crippen LogP contribution is 2.19. The maximum absolute atomic E-state index is 5.11. The number of nitrogens with one attached hydrogen (secondary N) is 2. The van der Waals surface area contributed by atoms with Crippen LogP contribution >= 0.6 is 0 Å². The Balaban J connectivity index is 1.92. The van der Waals surface area contributed by atoms with Gasteiger partial charge in [-0.25, -0.2) is 0 Å². The van der Waals surface area contributed by atoms with Crippen molar-refractivity contribution >= 4 is 11.9 Å². The molecular formula is C14H26N6O. The average molecular weight is 294 g/mol. The predicted molar refractivity (Wildman–Crippen MR) is 83.8 cm³/mol. The van der Waals surface area contributed by atoms with Crippen LogP contribution in [0.25, 0.3) is 0 Å². The zero-order valence-electron chi connectivity index (χ0n) is 13.4. The fourth-order valence-corrected chi connectivity index (χ4v) is 2.50. The Morgan fingerprint density at radius 3 is 2.52 bits per heavy atom. The third-order valence-electron chi connectivity index (χ3n) is 3.73. The zero-order chi connectivity index (χ0) is 15.2. The lowest BCUT2D eigenvalue weighted by molar-refractivity contribution is 0.266. The van der Waals surface area contributed by atoms with Gasteiger partial charge >= 0.3 is 6.01 Å². The quantitative estimate of drug-likeness (QED) is 0.788. The van der Waals surface area contributed by atoms with Gasteiger partial charge in [0.2, 0.25) is 11.9 Å². The molecule has 0 aliphatic carbocycles. The molecule has 1 aliphatic heterocycles. The van der Waals surface area contributed by atoms with Crippen LogP contribution in [0.2, 0.25) is 0 Å². The second-order valence-corrected chi connectivity index (χ2v) is 5.62.